The van der Waals surface area contributed by atoms with E-state index >= 15 is 0 Å². The number of anilines is 1. The molecule has 0 radical (unpaired) electrons. The number of benzene rings is 1. The first kappa shape index (κ1) is 22.3. The second-order valence-corrected chi connectivity index (χ2v) is 9.62. The molecule has 1 saturated carbocycles. The van der Waals surface area contributed by atoms with Crippen molar-refractivity contribution in [3.63, 3.8) is 0 Å². The van der Waals surface area contributed by atoms with E-state index in [4.69, 9.17) is 26.3 Å². The summed E-state index contributed by atoms with van der Waals surface area (Å²) in [6.07, 6.45) is 7.92. The molecule has 1 atom stereocenters. The first-order chi connectivity index (χ1) is 17.2. The summed E-state index contributed by atoms with van der Waals surface area (Å²) < 4.78 is 6.06. The Balaban J connectivity index is 1.31. The number of hydrogen-bond acceptors (Lipinski definition) is 7. The fourth-order valence-corrected chi connectivity index (χ4v) is 4.89. The molecule has 6 rings (SSSR count). The maximum absolute atomic E-state index is 6.18. The summed E-state index contributed by atoms with van der Waals surface area (Å²) in [4.78, 5) is 21.0. The summed E-state index contributed by atoms with van der Waals surface area (Å²) in [7, 11) is 0. The molecule has 1 unspecified atom stereocenters. The molecule has 0 bridgehead atoms. The molecule has 2 fully saturated rings. The van der Waals surface area contributed by atoms with E-state index in [1.807, 2.05) is 42.7 Å². The third-order valence-electron chi connectivity index (χ3n) is 6.60. The summed E-state index contributed by atoms with van der Waals surface area (Å²) >= 11 is 6.18. The van der Waals surface area contributed by atoms with Gasteiger partial charge in [0.1, 0.15) is 11.0 Å². The van der Waals surface area contributed by atoms with Gasteiger partial charge in [0.25, 0.3) is 0 Å². The Morgan fingerprint density at radius 2 is 1.97 bits per heavy atom. The Bertz CT molecular complexity index is 1330. The highest BCUT2D eigenvalue weighted by atomic mass is 35.5. The number of nitrogens with zero attached hydrogens (tertiary/aromatic N) is 5. The molecule has 1 saturated heterocycles. The maximum atomic E-state index is 6.18. The van der Waals surface area contributed by atoms with Gasteiger partial charge in [0.2, 0.25) is 0 Å². The van der Waals surface area contributed by atoms with Crippen molar-refractivity contribution in [3.8, 4) is 11.4 Å². The molecule has 0 amide bonds. The van der Waals surface area contributed by atoms with Crippen LogP contribution in [0.15, 0.2) is 61.1 Å². The molecule has 1 aliphatic carbocycles. The summed E-state index contributed by atoms with van der Waals surface area (Å²) in [5.41, 5.74) is 4.16. The Kier molecular flexibility index (Phi) is 6.29. The number of pyridine rings is 2. The van der Waals surface area contributed by atoms with Crippen molar-refractivity contribution >= 4 is 28.3 Å². The number of rotatable bonds is 7. The predicted molar refractivity (Wildman–Crippen MR) is 138 cm³/mol. The van der Waals surface area contributed by atoms with Gasteiger partial charge in [-0.2, -0.15) is 0 Å². The van der Waals surface area contributed by atoms with Crippen molar-refractivity contribution < 1.29 is 4.74 Å². The van der Waals surface area contributed by atoms with E-state index in [0.29, 0.717) is 30.1 Å². The molecule has 178 valence electrons. The van der Waals surface area contributed by atoms with Crippen molar-refractivity contribution in [3.05, 3.63) is 77.3 Å². The topological polar surface area (TPSA) is 76.1 Å². The Hall–Kier alpha value is -3.13. The molecule has 0 spiro atoms. The van der Waals surface area contributed by atoms with Gasteiger partial charge in [0, 0.05) is 49.0 Å². The zero-order chi connectivity index (χ0) is 23.6. The first-order valence-corrected chi connectivity index (χ1v) is 12.5. The molecule has 8 heteroatoms. The van der Waals surface area contributed by atoms with Gasteiger partial charge in [-0.3, -0.25) is 4.98 Å². The molecule has 4 heterocycles. The molecule has 1 aliphatic heterocycles. The van der Waals surface area contributed by atoms with E-state index in [1.54, 1.807) is 6.20 Å². The molecule has 2 aliphatic rings. The number of ether oxygens (including phenoxy) is 1. The predicted octanol–water partition coefficient (Wildman–Crippen LogP) is 4.61. The van der Waals surface area contributed by atoms with E-state index in [9.17, 15) is 0 Å². The summed E-state index contributed by atoms with van der Waals surface area (Å²) in [5.74, 6) is 2.15. The van der Waals surface area contributed by atoms with E-state index in [2.05, 4.69) is 32.3 Å². The van der Waals surface area contributed by atoms with E-state index in [1.165, 1.54) is 24.0 Å². The van der Waals surface area contributed by atoms with Crippen LogP contribution in [0.4, 0.5) is 5.82 Å². The Morgan fingerprint density at radius 1 is 1.09 bits per heavy atom. The minimum Gasteiger partial charge on any atom is -0.375 e. The average molecular weight is 487 g/mol. The monoisotopic (exact) mass is 486 g/mol. The van der Waals surface area contributed by atoms with Crippen LogP contribution < -0.4 is 10.2 Å². The van der Waals surface area contributed by atoms with E-state index < -0.39 is 0 Å². The number of halogens is 1. The van der Waals surface area contributed by atoms with Crippen LogP contribution in [0.5, 0.6) is 0 Å². The smallest absolute Gasteiger partial charge is 0.162 e. The van der Waals surface area contributed by atoms with Crippen molar-refractivity contribution in [1.29, 1.82) is 0 Å². The van der Waals surface area contributed by atoms with Gasteiger partial charge in [-0.25, -0.2) is 15.0 Å². The number of nitrogens with one attached hydrogen (secondary N) is 1. The van der Waals surface area contributed by atoms with Crippen LogP contribution in [0.1, 0.15) is 29.9 Å². The van der Waals surface area contributed by atoms with Crippen molar-refractivity contribution in [2.24, 2.45) is 0 Å². The fourth-order valence-electron chi connectivity index (χ4n) is 4.71. The third-order valence-corrected chi connectivity index (χ3v) is 6.81. The van der Waals surface area contributed by atoms with Crippen LogP contribution in [0.2, 0.25) is 5.15 Å². The van der Waals surface area contributed by atoms with Gasteiger partial charge >= 0.3 is 0 Å². The molecular formula is C27H27ClN6O. The average Bonchev–Trinajstić information content (AvgIpc) is 3.74. The highest BCUT2D eigenvalue weighted by Crippen LogP contribution is 2.44. The third kappa shape index (κ3) is 4.98. The maximum Gasteiger partial charge on any atom is 0.162 e. The molecule has 3 aromatic heterocycles. The van der Waals surface area contributed by atoms with E-state index in [0.717, 1.165) is 41.9 Å². The number of hydrogen-bond donors (Lipinski definition) is 1. The highest BCUT2D eigenvalue weighted by molar-refractivity contribution is 6.29. The van der Waals surface area contributed by atoms with Crippen LogP contribution in [-0.2, 0) is 11.3 Å². The van der Waals surface area contributed by atoms with E-state index in [-0.39, 0.29) is 6.04 Å². The minimum atomic E-state index is 0.211. The standard InChI is InChI=1S/C27H27ClN6O/c28-24-12-20(8-9-31-24)26-32-23-14-29-13-22(19-6-7-19)25(23)27(33-26)34-11-10-30-21(15-34)17-35-16-18-4-2-1-3-5-18/h1-5,8-9,12-14,19,21,30H,6-7,10-11,15-17H2. The molecule has 35 heavy (non-hydrogen) atoms. The number of aromatic nitrogens is 4. The quantitative estimate of drug-likeness (QED) is 0.382. The second-order valence-electron chi connectivity index (χ2n) is 9.23. The zero-order valence-electron chi connectivity index (χ0n) is 19.4. The summed E-state index contributed by atoms with van der Waals surface area (Å²) in [6.45, 7) is 3.79. The van der Waals surface area contributed by atoms with Gasteiger partial charge in [-0.05, 0) is 42.0 Å². The molecular weight excluding hydrogens is 460 g/mol. The van der Waals surface area contributed by atoms with Crippen molar-refractivity contribution in [2.45, 2.75) is 31.4 Å². The lowest BCUT2D eigenvalue weighted by Crippen LogP contribution is -2.53. The largest absolute Gasteiger partial charge is 0.375 e. The lowest BCUT2D eigenvalue weighted by Gasteiger charge is -2.35. The van der Waals surface area contributed by atoms with Crippen molar-refractivity contribution in [2.75, 3.05) is 31.1 Å². The van der Waals surface area contributed by atoms with Crippen LogP contribution in [0.25, 0.3) is 22.3 Å². The molecule has 7 nitrogen and oxygen atoms in total. The van der Waals surface area contributed by atoms with Crippen molar-refractivity contribution in [1.82, 2.24) is 25.3 Å². The van der Waals surface area contributed by atoms with Gasteiger partial charge in [0.05, 0.1) is 24.9 Å². The minimum absolute atomic E-state index is 0.211. The number of piperazine rings is 1. The number of fused-ring (bicyclic) bond motifs is 1. The van der Waals surface area contributed by atoms with Crippen LogP contribution in [0, 0.1) is 0 Å². The summed E-state index contributed by atoms with van der Waals surface area (Å²) in [6, 6.07) is 14.2. The lowest BCUT2D eigenvalue weighted by molar-refractivity contribution is 0.0971. The second kappa shape index (κ2) is 9.85. The lowest BCUT2D eigenvalue weighted by atomic mass is 10.1. The normalized spacial score (nSPS) is 18.2. The first-order valence-electron chi connectivity index (χ1n) is 12.1. The van der Waals surface area contributed by atoms with Gasteiger partial charge < -0.3 is 15.0 Å². The fraction of sp³-hybridized carbons (Fsp3) is 0.333. The van der Waals surface area contributed by atoms with Gasteiger partial charge in [-0.1, -0.05) is 41.9 Å². The molecule has 4 aromatic rings. The van der Waals surface area contributed by atoms with Crippen LogP contribution >= 0.6 is 11.6 Å². The van der Waals surface area contributed by atoms with Crippen LogP contribution in [0.3, 0.4) is 0 Å². The summed E-state index contributed by atoms with van der Waals surface area (Å²) in [5, 5.41) is 5.16. The van der Waals surface area contributed by atoms with Gasteiger partial charge in [0.15, 0.2) is 5.82 Å². The highest BCUT2D eigenvalue weighted by Gasteiger charge is 2.30. The zero-order valence-corrected chi connectivity index (χ0v) is 20.2. The Morgan fingerprint density at radius 3 is 2.80 bits per heavy atom. The van der Waals surface area contributed by atoms with Crippen LogP contribution in [-0.4, -0.2) is 52.2 Å². The molecule has 1 N–H and O–H groups in total. The van der Waals surface area contributed by atoms with Gasteiger partial charge in [-0.15, -0.1) is 0 Å². The molecule has 1 aromatic carbocycles. The Labute approximate surface area is 209 Å². The SMILES string of the molecule is Clc1cc(-c2nc(N3CCNC(COCc4ccccc4)C3)c3c(C4CC4)cncc3n2)ccn1.